The zero-order chi connectivity index (χ0) is 20.6. The minimum absolute atomic E-state index is 0.0150. The molecule has 3 atom stereocenters. The molecule has 0 aliphatic heterocycles. The molecule has 10 heteroatoms. The Balaban J connectivity index is 2.84. The standard InChI is InChI=1S/C17H18O10/c1-9(15(12(19)8-18)27-14(22)7-6-13(20)21)26-17(25)11-4-2-10(3-5-11)16(23)24/h2-7,9,12,15,18-19H,8H2,1H3,(H,20,21)(H,23,24)/b7-6+. The monoisotopic (exact) mass is 382 g/mol. The quantitative estimate of drug-likeness (QED) is 0.332. The number of carbonyl (C=O) groups is 4. The first-order chi connectivity index (χ1) is 12.6. The number of hydrogen-bond acceptors (Lipinski definition) is 8. The zero-order valence-electron chi connectivity index (χ0n) is 14.1. The molecule has 0 aromatic heterocycles. The van der Waals surface area contributed by atoms with Crippen LogP contribution in [0.4, 0.5) is 0 Å². The number of benzene rings is 1. The van der Waals surface area contributed by atoms with Crippen molar-refractivity contribution in [1.29, 1.82) is 0 Å². The van der Waals surface area contributed by atoms with Gasteiger partial charge in [0.2, 0.25) is 0 Å². The van der Waals surface area contributed by atoms with Gasteiger partial charge in [0.25, 0.3) is 0 Å². The van der Waals surface area contributed by atoms with E-state index in [0.717, 1.165) is 0 Å². The second kappa shape index (κ2) is 10.0. The maximum absolute atomic E-state index is 12.1. The summed E-state index contributed by atoms with van der Waals surface area (Å²) in [5, 5.41) is 36.1. The van der Waals surface area contributed by atoms with Gasteiger partial charge in [0.05, 0.1) is 17.7 Å². The summed E-state index contributed by atoms with van der Waals surface area (Å²) in [5.41, 5.74) is -0.0199. The highest BCUT2D eigenvalue weighted by Crippen LogP contribution is 2.14. The van der Waals surface area contributed by atoms with E-state index in [2.05, 4.69) is 0 Å². The molecule has 146 valence electrons. The molecule has 0 heterocycles. The predicted octanol–water partition coefficient (Wildman–Crippen LogP) is -0.164. The van der Waals surface area contributed by atoms with Gasteiger partial charge in [0.1, 0.15) is 12.2 Å². The molecule has 0 saturated carbocycles. The van der Waals surface area contributed by atoms with Crippen molar-refractivity contribution >= 4 is 23.9 Å². The van der Waals surface area contributed by atoms with Crippen molar-refractivity contribution in [3.05, 3.63) is 47.5 Å². The molecule has 0 fully saturated rings. The third-order valence-electron chi connectivity index (χ3n) is 3.30. The van der Waals surface area contributed by atoms with Crippen LogP contribution in [0, 0.1) is 0 Å². The Hall–Kier alpha value is -3.24. The van der Waals surface area contributed by atoms with E-state index in [1.165, 1.54) is 31.2 Å². The number of rotatable bonds is 9. The van der Waals surface area contributed by atoms with E-state index < -0.39 is 48.8 Å². The number of carboxylic acids is 2. The Morgan fingerprint density at radius 3 is 2.04 bits per heavy atom. The van der Waals surface area contributed by atoms with Crippen LogP contribution in [0.5, 0.6) is 0 Å². The Bertz CT molecular complexity index is 722. The van der Waals surface area contributed by atoms with Gasteiger partial charge in [-0.2, -0.15) is 0 Å². The fourth-order valence-corrected chi connectivity index (χ4v) is 1.96. The fraction of sp³-hybridized carbons (Fsp3) is 0.294. The summed E-state index contributed by atoms with van der Waals surface area (Å²) >= 11 is 0. The maximum Gasteiger partial charge on any atom is 0.338 e. The largest absolute Gasteiger partial charge is 0.478 e. The van der Waals surface area contributed by atoms with Gasteiger partial charge < -0.3 is 29.9 Å². The van der Waals surface area contributed by atoms with Crippen molar-refractivity contribution < 1.29 is 49.1 Å². The molecule has 1 rings (SSSR count). The maximum atomic E-state index is 12.1. The predicted molar refractivity (Wildman–Crippen MR) is 88.0 cm³/mol. The van der Waals surface area contributed by atoms with Crippen LogP contribution in [0.1, 0.15) is 27.6 Å². The van der Waals surface area contributed by atoms with Crippen molar-refractivity contribution in [1.82, 2.24) is 0 Å². The third kappa shape index (κ3) is 6.88. The van der Waals surface area contributed by atoms with Crippen LogP contribution in [0.2, 0.25) is 0 Å². The number of ether oxygens (including phenoxy) is 2. The van der Waals surface area contributed by atoms with E-state index in [1.807, 2.05) is 0 Å². The Kier molecular flexibility index (Phi) is 8.11. The van der Waals surface area contributed by atoms with E-state index >= 15 is 0 Å². The molecule has 4 N–H and O–H groups in total. The number of aromatic carboxylic acids is 1. The molecule has 0 spiro atoms. The smallest absolute Gasteiger partial charge is 0.338 e. The lowest BCUT2D eigenvalue weighted by Crippen LogP contribution is -2.43. The van der Waals surface area contributed by atoms with Gasteiger partial charge in [-0.05, 0) is 31.2 Å². The van der Waals surface area contributed by atoms with Gasteiger partial charge in [-0.3, -0.25) is 0 Å². The van der Waals surface area contributed by atoms with Gasteiger partial charge in [-0.25, -0.2) is 19.2 Å². The number of aliphatic hydroxyl groups is 2. The van der Waals surface area contributed by atoms with Crippen molar-refractivity contribution in [2.75, 3.05) is 6.61 Å². The summed E-state index contributed by atoms with van der Waals surface area (Å²) < 4.78 is 9.92. The lowest BCUT2D eigenvalue weighted by Gasteiger charge is -2.26. The summed E-state index contributed by atoms with van der Waals surface area (Å²) in [7, 11) is 0. The van der Waals surface area contributed by atoms with E-state index in [1.54, 1.807) is 0 Å². The fourth-order valence-electron chi connectivity index (χ4n) is 1.96. The lowest BCUT2D eigenvalue weighted by molar-refractivity contribution is -0.160. The van der Waals surface area contributed by atoms with Gasteiger partial charge >= 0.3 is 23.9 Å². The highest BCUT2D eigenvalue weighted by molar-refractivity contribution is 5.93. The molecule has 0 radical (unpaired) electrons. The van der Waals surface area contributed by atoms with Crippen LogP contribution in [0.3, 0.4) is 0 Å². The summed E-state index contributed by atoms with van der Waals surface area (Å²) in [6.07, 6.45) is -3.15. The molecule has 0 aliphatic rings. The second-order valence-corrected chi connectivity index (χ2v) is 5.32. The lowest BCUT2D eigenvalue weighted by atomic mass is 10.1. The van der Waals surface area contributed by atoms with Crippen molar-refractivity contribution in [3.63, 3.8) is 0 Å². The number of carbonyl (C=O) groups excluding carboxylic acids is 2. The molecule has 10 nitrogen and oxygen atoms in total. The van der Waals surface area contributed by atoms with Crippen LogP contribution in [-0.4, -0.2) is 69.2 Å². The number of esters is 2. The highest BCUT2D eigenvalue weighted by atomic mass is 16.6. The Morgan fingerprint density at radius 1 is 1.00 bits per heavy atom. The molecule has 0 amide bonds. The summed E-state index contributed by atoms with van der Waals surface area (Å²) in [4.78, 5) is 44.9. The average molecular weight is 382 g/mol. The Morgan fingerprint density at radius 2 is 1.56 bits per heavy atom. The summed E-state index contributed by atoms with van der Waals surface area (Å²) in [5.74, 6) is -4.57. The van der Waals surface area contributed by atoms with E-state index in [0.29, 0.717) is 12.2 Å². The van der Waals surface area contributed by atoms with Crippen molar-refractivity contribution in [3.8, 4) is 0 Å². The SMILES string of the molecule is CC(OC(=O)c1ccc(C(=O)O)cc1)C(OC(=O)/C=C/C(=O)O)C(O)CO. The normalized spacial score (nSPS) is 14.2. The molecular formula is C17H18O10. The van der Waals surface area contributed by atoms with Gasteiger partial charge in [0.15, 0.2) is 6.10 Å². The number of aliphatic hydroxyl groups excluding tert-OH is 2. The van der Waals surface area contributed by atoms with Gasteiger partial charge in [-0.1, -0.05) is 0 Å². The second-order valence-electron chi connectivity index (χ2n) is 5.32. The van der Waals surface area contributed by atoms with Crippen LogP contribution >= 0.6 is 0 Å². The third-order valence-corrected chi connectivity index (χ3v) is 3.30. The number of carboxylic acid groups (broad SMARTS) is 2. The average Bonchev–Trinajstić information content (AvgIpc) is 2.63. The first-order valence-corrected chi connectivity index (χ1v) is 7.60. The van der Waals surface area contributed by atoms with Gasteiger partial charge in [0, 0.05) is 12.2 Å². The molecule has 1 aromatic rings. The Labute approximate surface area is 153 Å². The number of hydrogen-bond donors (Lipinski definition) is 4. The summed E-state index contributed by atoms with van der Waals surface area (Å²) in [6.45, 7) is 0.483. The molecule has 1 aromatic carbocycles. The van der Waals surface area contributed by atoms with Crippen LogP contribution < -0.4 is 0 Å². The number of aliphatic carboxylic acids is 1. The highest BCUT2D eigenvalue weighted by Gasteiger charge is 2.31. The minimum Gasteiger partial charge on any atom is -0.478 e. The zero-order valence-corrected chi connectivity index (χ0v) is 14.1. The van der Waals surface area contributed by atoms with Crippen LogP contribution in [0.15, 0.2) is 36.4 Å². The van der Waals surface area contributed by atoms with Crippen LogP contribution in [-0.2, 0) is 19.1 Å². The van der Waals surface area contributed by atoms with Crippen molar-refractivity contribution in [2.45, 2.75) is 25.2 Å². The molecule has 0 saturated heterocycles. The molecular weight excluding hydrogens is 364 g/mol. The summed E-state index contributed by atoms with van der Waals surface area (Å²) in [6, 6.07) is 4.83. The van der Waals surface area contributed by atoms with Crippen molar-refractivity contribution in [2.24, 2.45) is 0 Å². The topological polar surface area (TPSA) is 168 Å². The minimum atomic E-state index is -1.59. The van der Waals surface area contributed by atoms with E-state index in [-0.39, 0.29) is 11.1 Å². The first kappa shape index (κ1) is 21.8. The van der Waals surface area contributed by atoms with Gasteiger partial charge in [-0.15, -0.1) is 0 Å². The van der Waals surface area contributed by atoms with Crippen LogP contribution in [0.25, 0.3) is 0 Å². The van der Waals surface area contributed by atoms with E-state index in [9.17, 15) is 24.3 Å². The first-order valence-electron chi connectivity index (χ1n) is 7.60. The van der Waals surface area contributed by atoms with E-state index in [4.69, 9.17) is 24.8 Å². The molecule has 3 unspecified atom stereocenters. The molecule has 0 bridgehead atoms. The molecule has 27 heavy (non-hydrogen) atoms. The molecule has 0 aliphatic carbocycles.